The first-order valence-corrected chi connectivity index (χ1v) is 38.9. The topological polar surface area (TPSA) is 323 Å². The third kappa shape index (κ3) is 37.3. The van der Waals surface area contributed by atoms with Gasteiger partial charge >= 0.3 is 24.0 Å². The number of esters is 3. The Morgan fingerprint density at radius 2 is 1.48 bits per heavy atom. The van der Waals surface area contributed by atoms with E-state index < -0.39 is 85.6 Å². The van der Waals surface area contributed by atoms with Gasteiger partial charge in [0.25, 0.3) is 23.6 Å². The lowest BCUT2D eigenvalue weighted by atomic mass is 10.1. The summed E-state index contributed by atoms with van der Waals surface area (Å²) in [6.45, 7) is 22.5. The summed E-state index contributed by atoms with van der Waals surface area (Å²) in [6.07, 6.45) is 19.9. The minimum absolute atomic E-state index is 0.0287. The van der Waals surface area contributed by atoms with Gasteiger partial charge in [-0.15, -0.1) is 22.7 Å². The van der Waals surface area contributed by atoms with Crippen LogP contribution in [0.15, 0.2) is 58.6 Å². The molecular formula is C64H98N8O15S4Si. The Bertz CT molecular complexity index is 2860. The average molecular weight is 1380 g/mol. The van der Waals surface area contributed by atoms with E-state index in [2.05, 4.69) is 75.4 Å². The monoisotopic (exact) mass is 1370 g/mol. The van der Waals surface area contributed by atoms with Crippen LogP contribution in [0.2, 0.25) is 25.7 Å². The number of fused-ring (bicyclic) bond motifs is 2. The standard InChI is InChI=1S/C37H60N4O9S2Si.C27H38N4O6S2/c1-10-12-13-14-15-19-32(43)51-21-17-16-18-27(23-31(42)48-20-22-53(7,8)9)49-35(46)26(3)39-33(44)28(11-2)41-34(45)29-25-52-30(40-29)24-38-36(47)50-37(4,5)6;1-4-6-7-8-9-13-24(33)38-14-11-10-12-19-15-22(32)28-16-23-30-21(17-39-23)26(35)31-20(5-2)25(34)29-18(3)27(36)37-19/h11,16,18,25-27H,10,12-15,17,19-24H2,1-9H3,(H,38,47)(H,39,44)(H,41,45);5,10,12,17-19H,4,6-9,11,13-16H2,1-3H3,(H,28,32)(H,29,34)(H,31,35)/b18-16+,28-11-;12-10+,20-5-/t26-,27-;18-,19-/m11/s1. The fourth-order valence-electron chi connectivity index (χ4n) is 7.81. The number of allylic oxidation sites excluding steroid dienone is 4. The maximum atomic E-state index is 13.1. The predicted octanol–water partition coefficient (Wildman–Crippen LogP) is 10.8. The van der Waals surface area contributed by atoms with Crippen LogP contribution in [0, 0.1) is 0 Å². The summed E-state index contributed by atoms with van der Waals surface area (Å²) < 4.78 is 21.7. The first-order chi connectivity index (χ1) is 43.6. The predicted molar refractivity (Wildman–Crippen MR) is 364 cm³/mol. The Hall–Kier alpha value is -6.49. The smallest absolute Gasteiger partial charge is 0.408 e. The number of ether oxygens (including phenoxy) is 4. The Labute approximate surface area is 560 Å². The summed E-state index contributed by atoms with van der Waals surface area (Å²) >= 11 is 4.90. The van der Waals surface area contributed by atoms with E-state index in [1.165, 1.54) is 90.9 Å². The van der Waals surface area contributed by atoms with Crippen LogP contribution in [0.4, 0.5) is 4.79 Å². The molecule has 0 aromatic carbocycles. The summed E-state index contributed by atoms with van der Waals surface area (Å²) in [5, 5.41) is 19.6. The number of thiazole rings is 2. The van der Waals surface area contributed by atoms with Crippen molar-refractivity contribution in [3.8, 4) is 0 Å². The molecule has 0 spiro atoms. The number of alkyl carbamates (subject to hydrolysis) is 1. The van der Waals surface area contributed by atoms with Crippen LogP contribution < -0.4 is 31.9 Å². The van der Waals surface area contributed by atoms with Crippen molar-refractivity contribution >= 4 is 118 Å². The van der Waals surface area contributed by atoms with E-state index in [0.717, 1.165) is 62.3 Å². The minimum atomic E-state index is -1.43. The van der Waals surface area contributed by atoms with Crippen LogP contribution in [0.1, 0.15) is 196 Å². The zero-order chi connectivity index (χ0) is 68.7. The first-order valence-electron chi connectivity index (χ1n) is 31.5. The molecule has 92 heavy (non-hydrogen) atoms. The number of unbranched alkanes of at least 4 members (excludes halogenated alkanes) is 8. The molecule has 0 saturated carbocycles. The number of rotatable bonds is 33. The minimum Gasteiger partial charge on any atom is -0.466 e. The van der Waals surface area contributed by atoms with Crippen molar-refractivity contribution in [2.45, 2.75) is 234 Å². The van der Waals surface area contributed by atoms with Crippen LogP contribution in [-0.2, 0) is 70.4 Å². The molecule has 2 bridgehead atoms. The van der Waals surface area contributed by atoms with E-state index in [-0.39, 0.29) is 71.5 Å². The molecule has 512 valence electrons. The number of carbonyl (C=O) groups is 11. The van der Waals surface area contributed by atoms with Gasteiger partial charge in [-0.3, -0.25) is 38.4 Å². The van der Waals surface area contributed by atoms with Gasteiger partial charge in [0.2, 0.25) is 5.91 Å². The zero-order valence-electron chi connectivity index (χ0n) is 55.6. The molecule has 6 amide bonds. The molecule has 4 atom stereocenters. The summed E-state index contributed by atoms with van der Waals surface area (Å²) in [7, 11) is -1.43. The van der Waals surface area contributed by atoms with Gasteiger partial charge in [0.05, 0.1) is 32.5 Å². The lowest BCUT2D eigenvalue weighted by Gasteiger charge is -2.19. The highest BCUT2D eigenvalue weighted by atomic mass is 32.2. The quantitative estimate of drug-likeness (QED) is 0.00966. The molecule has 6 N–H and O–H groups in total. The second kappa shape index (κ2) is 44.9. The van der Waals surface area contributed by atoms with Crippen molar-refractivity contribution in [3.63, 3.8) is 0 Å². The molecule has 2 aromatic rings. The van der Waals surface area contributed by atoms with E-state index >= 15 is 0 Å². The van der Waals surface area contributed by atoms with E-state index in [1.807, 2.05) is 0 Å². The Kier molecular flexibility index (Phi) is 39.9. The third-order valence-electron chi connectivity index (χ3n) is 12.9. The maximum absolute atomic E-state index is 13.1. The number of carbonyl (C=O) groups excluding carboxylic acids is 11. The normalized spacial score (nSPS) is 16.3. The maximum Gasteiger partial charge on any atom is 0.408 e. The molecule has 0 saturated heterocycles. The average Bonchev–Trinajstić information content (AvgIpc) is 1.84. The van der Waals surface area contributed by atoms with Crippen LogP contribution in [0.5, 0.6) is 0 Å². The van der Waals surface area contributed by atoms with Gasteiger partial charge in [0, 0.05) is 43.2 Å². The molecule has 0 aliphatic carbocycles. The lowest BCUT2D eigenvalue weighted by Crippen LogP contribution is -2.44. The van der Waals surface area contributed by atoms with Gasteiger partial charge in [-0.1, -0.05) is 133 Å². The number of hydrogen-bond donors (Lipinski definition) is 6. The molecule has 23 nitrogen and oxygen atoms in total. The number of nitrogens with one attached hydrogen (secondary N) is 6. The Morgan fingerprint density at radius 1 is 0.848 bits per heavy atom. The molecular weight excluding hydrogens is 1280 g/mol. The molecule has 2 aromatic heterocycles. The van der Waals surface area contributed by atoms with Crippen LogP contribution in [0.3, 0.4) is 0 Å². The SMILES string of the molecule is C/C=C(\NC(=O)c1csc(CNC(=O)OC(C)(C)C)n1)C(=O)N[C@H](C)C(=O)O[C@H](/C=C/CCSC(=O)CCCCCCC)CC(=O)OCC[Si](C)(C)C.C/C=C1\NC(=O)c2csc(n2)CNC(=O)C[C@@H](/C=C/CCSC(=O)CCCCCCC)OC(=O)[C@@H](C)NC1=O. The Balaban J connectivity index is 0.000000655. The van der Waals surface area contributed by atoms with E-state index in [4.69, 9.17) is 18.9 Å². The van der Waals surface area contributed by atoms with Crippen molar-refractivity contribution in [2.75, 3.05) is 18.1 Å². The highest BCUT2D eigenvalue weighted by Gasteiger charge is 2.28. The van der Waals surface area contributed by atoms with Gasteiger partial charge in [0.15, 0.2) is 10.2 Å². The summed E-state index contributed by atoms with van der Waals surface area (Å²) in [4.78, 5) is 147. The number of hydrogen-bond acceptors (Lipinski definition) is 21. The number of amides is 6. The van der Waals surface area contributed by atoms with E-state index in [1.54, 1.807) is 58.9 Å². The van der Waals surface area contributed by atoms with E-state index in [0.29, 0.717) is 47.2 Å². The summed E-state index contributed by atoms with van der Waals surface area (Å²) in [6, 6.07) is -1.37. The second-order valence-electron chi connectivity index (χ2n) is 23.7. The molecule has 3 rings (SSSR count). The lowest BCUT2D eigenvalue weighted by molar-refractivity contribution is -0.155. The van der Waals surface area contributed by atoms with Crippen molar-refractivity contribution < 1.29 is 71.7 Å². The van der Waals surface area contributed by atoms with Gasteiger partial charge < -0.3 is 50.8 Å². The fourth-order valence-corrected chi connectivity index (χ4v) is 11.5. The Morgan fingerprint density at radius 3 is 2.08 bits per heavy atom. The van der Waals surface area contributed by atoms with Gasteiger partial charge in [-0.2, -0.15) is 0 Å². The summed E-state index contributed by atoms with van der Waals surface area (Å²) in [5.74, 6) is -3.89. The van der Waals surface area contributed by atoms with Gasteiger partial charge in [-0.05, 0) is 92.3 Å². The largest absolute Gasteiger partial charge is 0.466 e. The molecule has 3 heterocycles. The zero-order valence-corrected chi connectivity index (χ0v) is 59.9. The van der Waals surface area contributed by atoms with Gasteiger partial charge in [-0.25, -0.2) is 24.4 Å². The number of aromatic nitrogens is 2. The van der Waals surface area contributed by atoms with Crippen molar-refractivity contribution in [3.05, 3.63) is 80.0 Å². The second-order valence-corrected chi connectivity index (χ2v) is 33.5. The van der Waals surface area contributed by atoms with Crippen molar-refractivity contribution in [2.24, 2.45) is 0 Å². The highest BCUT2D eigenvalue weighted by Crippen LogP contribution is 2.18. The van der Waals surface area contributed by atoms with Crippen LogP contribution >= 0.6 is 46.2 Å². The van der Waals surface area contributed by atoms with Crippen molar-refractivity contribution in [1.29, 1.82) is 0 Å². The fraction of sp³-hybridized carbons (Fsp3) is 0.609. The number of cyclic esters (lactones) is 1. The van der Waals surface area contributed by atoms with Crippen LogP contribution in [-0.4, -0.2) is 130 Å². The van der Waals surface area contributed by atoms with E-state index in [9.17, 15) is 52.7 Å². The molecule has 1 aliphatic rings. The molecule has 28 heteroatoms. The van der Waals surface area contributed by atoms with Gasteiger partial charge in [0.1, 0.15) is 62.7 Å². The molecule has 1 aliphatic heterocycles. The van der Waals surface area contributed by atoms with Crippen LogP contribution in [0.25, 0.3) is 0 Å². The molecule has 0 radical (unpaired) electrons. The molecule has 0 fully saturated rings. The number of thioether (sulfide) groups is 2. The molecule has 0 unspecified atom stereocenters. The highest BCUT2D eigenvalue weighted by molar-refractivity contribution is 8.13. The first kappa shape index (κ1) is 81.6. The van der Waals surface area contributed by atoms with Crippen molar-refractivity contribution in [1.82, 2.24) is 41.9 Å². The number of nitrogens with zero attached hydrogens (tertiary/aromatic N) is 2. The third-order valence-corrected chi connectivity index (χ3v) is 18.3. The summed E-state index contributed by atoms with van der Waals surface area (Å²) in [5.41, 5.74) is -0.660.